The molecule has 0 aliphatic carbocycles. The maximum atomic E-state index is 5.98. The van der Waals surface area contributed by atoms with Crippen LogP contribution in [0.3, 0.4) is 0 Å². The van der Waals surface area contributed by atoms with Crippen LogP contribution in [0, 0.1) is 0 Å². The third-order valence-electron chi connectivity index (χ3n) is 3.57. The van der Waals surface area contributed by atoms with Crippen LogP contribution in [-0.4, -0.2) is 38.4 Å². The summed E-state index contributed by atoms with van der Waals surface area (Å²) in [6.07, 6.45) is 7.90. The van der Waals surface area contributed by atoms with Crippen molar-refractivity contribution in [3.63, 3.8) is 0 Å². The van der Waals surface area contributed by atoms with Crippen molar-refractivity contribution in [1.29, 1.82) is 0 Å². The standard InChI is InChI=1S/C15H13ClN6/c16-10-1-2-14-12(6-19-22(14)9-10)13-7-18-8-15(21-13)20-11-3-4-17-5-11/h1-2,6-9,17H,3-5H2. The first-order valence-corrected chi connectivity index (χ1v) is 7.40. The molecule has 1 fully saturated rings. The third kappa shape index (κ3) is 2.47. The summed E-state index contributed by atoms with van der Waals surface area (Å²) in [5, 5.41) is 8.21. The summed E-state index contributed by atoms with van der Waals surface area (Å²) in [5.41, 5.74) is 3.71. The number of fused-ring (bicyclic) bond motifs is 1. The highest BCUT2D eigenvalue weighted by molar-refractivity contribution is 6.30. The number of hydrogen-bond donors (Lipinski definition) is 1. The van der Waals surface area contributed by atoms with Gasteiger partial charge in [0, 0.05) is 30.6 Å². The smallest absolute Gasteiger partial charge is 0.171 e. The number of aromatic nitrogens is 4. The average molecular weight is 313 g/mol. The Bertz CT molecular complexity index is 861. The second-order valence-corrected chi connectivity index (χ2v) is 5.54. The van der Waals surface area contributed by atoms with Gasteiger partial charge in [-0.1, -0.05) is 11.6 Å². The van der Waals surface area contributed by atoms with Crippen LogP contribution in [0.4, 0.5) is 5.82 Å². The zero-order valence-corrected chi connectivity index (χ0v) is 12.5. The van der Waals surface area contributed by atoms with Crippen molar-refractivity contribution in [3.8, 4) is 11.3 Å². The quantitative estimate of drug-likeness (QED) is 0.789. The first kappa shape index (κ1) is 13.4. The minimum Gasteiger partial charge on any atom is -0.311 e. The van der Waals surface area contributed by atoms with E-state index in [1.807, 2.05) is 12.1 Å². The van der Waals surface area contributed by atoms with E-state index >= 15 is 0 Å². The minimum atomic E-state index is 0.629. The van der Waals surface area contributed by atoms with Crippen LogP contribution >= 0.6 is 11.6 Å². The van der Waals surface area contributed by atoms with E-state index in [2.05, 4.69) is 25.4 Å². The molecule has 0 saturated carbocycles. The van der Waals surface area contributed by atoms with Crippen molar-refractivity contribution < 1.29 is 0 Å². The van der Waals surface area contributed by atoms with Crippen LogP contribution < -0.4 is 5.32 Å². The summed E-state index contributed by atoms with van der Waals surface area (Å²) >= 11 is 5.98. The molecule has 22 heavy (non-hydrogen) atoms. The van der Waals surface area contributed by atoms with E-state index in [1.165, 1.54) is 0 Å². The molecule has 110 valence electrons. The largest absolute Gasteiger partial charge is 0.311 e. The van der Waals surface area contributed by atoms with Gasteiger partial charge in [-0.15, -0.1) is 0 Å². The fourth-order valence-electron chi connectivity index (χ4n) is 2.51. The maximum absolute atomic E-state index is 5.98. The molecular weight excluding hydrogens is 300 g/mol. The third-order valence-corrected chi connectivity index (χ3v) is 3.79. The van der Waals surface area contributed by atoms with Crippen molar-refractivity contribution >= 4 is 28.6 Å². The summed E-state index contributed by atoms with van der Waals surface area (Å²) in [5.74, 6) is 0.629. The van der Waals surface area contributed by atoms with Gasteiger partial charge in [0.2, 0.25) is 0 Å². The van der Waals surface area contributed by atoms with Gasteiger partial charge < -0.3 is 5.32 Å². The van der Waals surface area contributed by atoms with E-state index in [0.717, 1.165) is 42.0 Å². The summed E-state index contributed by atoms with van der Waals surface area (Å²) in [6, 6.07) is 3.76. The molecule has 6 nitrogen and oxygen atoms in total. The molecule has 4 heterocycles. The number of pyridine rings is 1. The molecule has 0 radical (unpaired) electrons. The average Bonchev–Trinajstić information content (AvgIpc) is 3.16. The molecule has 3 aromatic rings. The molecule has 4 rings (SSSR count). The molecular formula is C15H13ClN6. The summed E-state index contributed by atoms with van der Waals surface area (Å²) in [7, 11) is 0. The SMILES string of the molecule is Clc1ccc2c(-c3cncc(N=C4CCNC4)n3)cnn2c1. The van der Waals surface area contributed by atoms with Crippen molar-refractivity contribution in [2.45, 2.75) is 6.42 Å². The Morgan fingerprint density at radius 1 is 1.23 bits per heavy atom. The lowest BCUT2D eigenvalue weighted by atomic mass is 10.2. The lowest BCUT2D eigenvalue weighted by Crippen LogP contribution is -2.08. The highest BCUT2D eigenvalue weighted by atomic mass is 35.5. The molecule has 0 spiro atoms. The van der Waals surface area contributed by atoms with Crippen LogP contribution in [0.5, 0.6) is 0 Å². The summed E-state index contributed by atoms with van der Waals surface area (Å²) in [6.45, 7) is 1.79. The zero-order valence-electron chi connectivity index (χ0n) is 11.7. The fraction of sp³-hybridized carbons (Fsp3) is 0.200. The minimum absolute atomic E-state index is 0.629. The Balaban J connectivity index is 1.76. The summed E-state index contributed by atoms with van der Waals surface area (Å²) in [4.78, 5) is 13.4. The highest BCUT2D eigenvalue weighted by Crippen LogP contribution is 2.25. The van der Waals surface area contributed by atoms with Gasteiger partial charge in [-0.05, 0) is 18.6 Å². The number of hydrogen-bond acceptors (Lipinski definition) is 5. The molecule has 7 heteroatoms. The normalized spacial score (nSPS) is 16.7. The van der Waals surface area contributed by atoms with E-state index in [1.54, 1.807) is 29.3 Å². The molecule has 3 aromatic heterocycles. The molecule has 0 unspecified atom stereocenters. The summed E-state index contributed by atoms with van der Waals surface area (Å²) < 4.78 is 1.73. The van der Waals surface area contributed by atoms with Crippen LogP contribution in [0.15, 0.2) is 41.9 Å². The van der Waals surface area contributed by atoms with Crippen molar-refractivity contribution in [1.82, 2.24) is 24.9 Å². The monoisotopic (exact) mass is 312 g/mol. The number of halogens is 1. The zero-order chi connectivity index (χ0) is 14.9. The predicted molar refractivity (Wildman–Crippen MR) is 85.8 cm³/mol. The van der Waals surface area contributed by atoms with E-state index in [9.17, 15) is 0 Å². The number of nitrogens with one attached hydrogen (secondary N) is 1. The molecule has 0 atom stereocenters. The van der Waals surface area contributed by atoms with Crippen molar-refractivity contribution in [3.05, 3.63) is 41.9 Å². The second-order valence-electron chi connectivity index (χ2n) is 5.10. The van der Waals surface area contributed by atoms with Crippen LogP contribution in [0.1, 0.15) is 6.42 Å². The predicted octanol–water partition coefficient (Wildman–Crippen LogP) is 2.51. The first-order chi connectivity index (χ1) is 10.8. The van der Waals surface area contributed by atoms with Crippen molar-refractivity contribution in [2.24, 2.45) is 4.99 Å². The number of rotatable bonds is 2. The Labute approximate surface area is 131 Å². The van der Waals surface area contributed by atoms with E-state index in [0.29, 0.717) is 10.8 Å². The molecule has 1 N–H and O–H groups in total. The highest BCUT2D eigenvalue weighted by Gasteiger charge is 2.11. The Morgan fingerprint density at radius 2 is 2.18 bits per heavy atom. The first-order valence-electron chi connectivity index (χ1n) is 7.02. The van der Waals surface area contributed by atoms with E-state index < -0.39 is 0 Å². The Kier molecular flexibility index (Phi) is 3.32. The van der Waals surface area contributed by atoms with Gasteiger partial charge in [-0.2, -0.15) is 5.10 Å². The molecule has 0 aromatic carbocycles. The van der Waals surface area contributed by atoms with Gasteiger partial charge in [0.1, 0.15) is 0 Å². The number of nitrogens with zero attached hydrogens (tertiary/aromatic N) is 5. The molecule has 1 aliphatic rings. The van der Waals surface area contributed by atoms with Gasteiger partial charge in [0.15, 0.2) is 5.82 Å². The lowest BCUT2D eigenvalue weighted by molar-refractivity contribution is 0.863. The van der Waals surface area contributed by atoms with Gasteiger partial charge >= 0.3 is 0 Å². The van der Waals surface area contributed by atoms with Gasteiger partial charge in [0.05, 0.1) is 34.8 Å². The van der Waals surface area contributed by atoms with Gasteiger partial charge in [-0.25, -0.2) is 14.5 Å². The van der Waals surface area contributed by atoms with Crippen molar-refractivity contribution in [2.75, 3.05) is 13.1 Å². The molecule has 1 saturated heterocycles. The second kappa shape index (κ2) is 5.47. The maximum Gasteiger partial charge on any atom is 0.171 e. The van der Waals surface area contributed by atoms with Crippen LogP contribution in [-0.2, 0) is 0 Å². The Morgan fingerprint density at radius 3 is 3.05 bits per heavy atom. The molecule has 0 bridgehead atoms. The Hall–Kier alpha value is -2.31. The van der Waals surface area contributed by atoms with Gasteiger partial charge in [-0.3, -0.25) is 4.98 Å². The fourth-order valence-corrected chi connectivity index (χ4v) is 2.66. The van der Waals surface area contributed by atoms with E-state index in [4.69, 9.17) is 11.6 Å². The lowest BCUT2D eigenvalue weighted by Gasteiger charge is -2.01. The number of aliphatic imine (C=N–C) groups is 1. The van der Waals surface area contributed by atoms with Gasteiger partial charge in [0.25, 0.3) is 0 Å². The van der Waals surface area contributed by atoms with Crippen LogP contribution in [0.25, 0.3) is 16.8 Å². The molecule has 1 aliphatic heterocycles. The topological polar surface area (TPSA) is 67.5 Å². The van der Waals surface area contributed by atoms with Crippen LogP contribution in [0.2, 0.25) is 5.02 Å². The van der Waals surface area contributed by atoms with E-state index in [-0.39, 0.29) is 0 Å². The molecule has 0 amide bonds.